The molecule has 2 aliphatic heterocycles. The number of nitrogens with one attached hydrogen (secondary N) is 3. The molecule has 0 bridgehead atoms. The second-order valence-corrected chi connectivity index (χ2v) is 16.8. The molecule has 12 nitrogen and oxygen atoms in total. The van der Waals surface area contributed by atoms with Crippen LogP contribution in [0.1, 0.15) is 77.3 Å². The molecule has 2 aliphatic carbocycles. The minimum atomic E-state index is -3.94. The van der Waals surface area contributed by atoms with Crippen molar-refractivity contribution >= 4 is 44.5 Å². The van der Waals surface area contributed by atoms with Crippen molar-refractivity contribution in [2.24, 2.45) is 5.92 Å². The molecule has 270 valence electrons. The summed E-state index contributed by atoms with van der Waals surface area (Å²) in [6.45, 7) is 3.71. The lowest BCUT2D eigenvalue weighted by atomic mass is 10.0. The Balaban J connectivity index is 1.20. The van der Waals surface area contributed by atoms with Crippen LogP contribution in [-0.2, 0) is 30.8 Å². The first kappa shape index (κ1) is 34.9. The molecule has 0 radical (unpaired) electrons. The molecule has 4 aliphatic rings. The van der Waals surface area contributed by atoms with Gasteiger partial charge in [0.1, 0.15) is 29.4 Å². The number of ether oxygens (including phenoxy) is 1. The van der Waals surface area contributed by atoms with Crippen molar-refractivity contribution in [2.45, 2.75) is 107 Å². The number of nitrogens with zero attached hydrogens (tertiary/aromatic N) is 3. The van der Waals surface area contributed by atoms with Gasteiger partial charge in [-0.2, -0.15) is 0 Å². The molecule has 3 aromatic rings. The molecule has 3 amide bonds. The van der Waals surface area contributed by atoms with Gasteiger partial charge in [0.15, 0.2) is 0 Å². The number of hydrogen-bond donors (Lipinski definition) is 3. The Labute approximate surface area is 298 Å². The summed E-state index contributed by atoms with van der Waals surface area (Å²) < 4.78 is 34.0. The minimum Gasteiger partial charge on any atom is -0.471 e. The number of benzene rings is 2. The molecule has 1 saturated heterocycles. The van der Waals surface area contributed by atoms with Crippen LogP contribution in [0.25, 0.3) is 11.0 Å². The largest absolute Gasteiger partial charge is 0.471 e. The number of fused-ring (bicyclic) bond motifs is 3. The van der Waals surface area contributed by atoms with Gasteiger partial charge in [-0.25, -0.2) is 18.4 Å². The maximum atomic E-state index is 14.6. The zero-order chi connectivity index (χ0) is 35.8. The summed E-state index contributed by atoms with van der Waals surface area (Å²) in [4.78, 5) is 53.8. The Morgan fingerprint density at radius 1 is 1.02 bits per heavy atom. The van der Waals surface area contributed by atoms with E-state index in [0.29, 0.717) is 42.8 Å². The monoisotopic (exact) mass is 714 g/mol. The molecular formula is C38H46N6O6S. The number of para-hydroxylation sites is 3. The van der Waals surface area contributed by atoms with Crippen LogP contribution >= 0.6 is 0 Å². The second kappa shape index (κ2) is 13.9. The standard InChI is InChI=1S/C38H46N6O6S/c1-3-28-34(41-30-18-13-12-17-29(30)40-28)50-27-22-32-33(45)42-38(36(47)43-51(48,49)37(2)20-21-37)23-25(38)14-8-5-4-6-11-19-31(35(46)44(32)24-27)39-26-15-9-7-10-16-26/h7-10,12-18,25,27,31-32,39H,3-6,11,19-24H2,1-2H3,(H,42,45)(H,43,47)/b14-8-/t25-,27-,31+,32+,38-/m1/s1. The SMILES string of the molecule is CCc1nc2ccccc2nc1O[C@@H]1C[C@H]2C(=O)N[C@]3(C(=O)NS(=O)(=O)C4(C)CC4)C[C@H]3/C=C\CCCCC[C@H](Nc3ccccc3)C(=O)N2C1. The first-order valence-electron chi connectivity index (χ1n) is 18.1. The highest BCUT2D eigenvalue weighted by Gasteiger charge is 2.63. The maximum absolute atomic E-state index is 14.6. The maximum Gasteiger partial charge on any atom is 0.259 e. The van der Waals surface area contributed by atoms with Crippen LogP contribution < -0.4 is 20.1 Å². The van der Waals surface area contributed by atoms with Crippen LogP contribution in [-0.4, -0.2) is 76.0 Å². The van der Waals surface area contributed by atoms with E-state index in [-0.39, 0.29) is 31.2 Å². The Bertz CT molecular complexity index is 1950. The number of aryl methyl sites for hydroxylation is 1. The van der Waals surface area contributed by atoms with E-state index in [1.54, 1.807) is 11.8 Å². The Morgan fingerprint density at radius 2 is 1.75 bits per heavy atom. The lowest BCUT2D eigenvalue weighted by Gasteiger charge is -2.30. The number of carbonyl (C=O) groups excluding carboxylic acids is 3. The number of aromatic nitrogens is 2. The number of allylic oxidation sites excluding steroid dienone is 1. The summed E-state index contributed by atoms with van der Waals surface area (Å²) >= 11 is 0. The van der Waals surface area contributed by atoms with Gasteiger partial charge < -0.3 is 20.3 Å². The topological polar surface area (TPSA) is 160 Å². The van der Waals surface area contributed by atoms with Crippen LogP contribution in [0.4, 0.5) is 5.69 Å². The molecule has 2 aromatic carbocycles. The highest BCUT2D eigenvalue weighted by Crippen LogP contribution is 2.47. The van der Waals surface area contributed by atoms with Gasteiger partial charge in [-0.15, -0.1) is 0 Å². The first-order valence-corrected chi connectivity index (χ1v) is 19.6. The molecular weight excluding hydrogens is 669 g/mol. The van der Waals surface area contributed by atoms with Crippen molar-refractivity contribution in [3.8, 4) is 5.88 Å². The fourth-order valence-electron chi connectivity index (χ4n) is 7.18. The highest BCUT2D eigenvalue weighted by molar-refractivity contribution is 7.91. The lowest BCUT2D eigenvalue weighted by Crippen LogP contribution is -2.58. The molecule has 1 aromatic heterocycles. The third-order valence-corrected chi connectivity index (χ3v) is 13.0. The number of anilines is 1. The minimum absolute atomic E-state index is 0.122. The summed E-state index contributed by atoms with van der Waals surface area (Å²) in [5.74, 6) is -1.52. The molecule has 2 saturated carbocycles. The summed E-state index contributed by atoms with van der Waals surface area (Å²) in [6.07, 6.45) is 9.19. The summed E-state index contributed by atoms with van der Waals surface area (Å²) in [7, 11) is -3.94. The number of amides is 3. The van der Waals surface area contributed by atoms with E-state index in [0.717, 1.165) is 36.9 Å². The summed E-state index contributed by atoms with van der Waals surface area (Å²) in [5.41, 5.74) is 1.45. The highest BCUT2D eigenvalue weighted by atomic mass is 32.2. The molecule has 3 N–H and O–H groups in total. The van der Waals surface area contributed by atoms with E-state index in [1.165, 1.54) is 0 Å². The molecule has 3 heterocycles. The van der Waals surface area contributed by atoms with Gasteiger partial charge >= 0.3 is 0 Å². The molecule has 13 heteroatoms. The quantitative estimate of drug-likeness (QED) is 0.287. The lowest BCUT2D eigenvalue weighted by molar-refractivity contribution is -0.140. The van der Waals surface area contributed by atoms with Crippen LogP contribution in [0.5, 0.6) is 5.88 Å². The van der Waals surface area contributed by atoms with Crippen molar-refractivity contribution in [3.05, 3.63) is 72.4 Å². The Hall–Kier alpha value is -4.52. The molecule has 3 fully saturated rings. The predicted molar refractivity (Wildman–Crippen MR) is 193 cm³/mol. The number of carbonyl (C=O) groups is 3. The normalized spacial score (nSPS) is 28.3. The van der Waals surface area contributed by atoms with Crippen LogP contribution in [0, 0.1) is 5.92 Å². The zero-order valence-corrected chi connectivity index (χ0v) is 30.0. The van der Waals surface area contributed by atoms with E-state index >= 15 is 0 Å². The molecule has 0 spiro atoms. The van der Waals surface area contributed by atoms with E-state index in [2.05, 4.69) is 15.4 Å². The van der Waals surface area contributed by atoms with E-state index in [1.807, 2.05) is 73.7 Å². The van der Waals surface area contributed by atoms with Gasteiger partial charge in [0.25, 0.3) is 5.91 Å². The molecule has 51 heavy (non-hydrogen) atoms. The van der Waals surface area contributed by atoms with Gasteiger partial charge in [-0.1, -0.05) is 62.2 Å². The van der Waals surface area contributed by atoms with Crippen LogP contribution in [0.15, 0.2) is 66.7 Å². The first-order chi connectivity index (χ1) is 24.5. The van der Waals surface area contributed by atoms with Gasteiger partial charge in [0.05, 0.1) is 22.3 Å². The molecule has 5 atom stereocenters. The average molecular weight is 715 g/mol. The van der Waals surface area contributed by atoms with E-state index < -0.39 is 50.3 Å². The van der Waals surface area contributed by atoms with Crippen LogP contribution in [0.3, 0.4) is 0 Å². The summed E-state index contributed by atoms with van der Waals surface area (Å²) in [5, 5.41) is 6.37. The summed E-state index contributed by atoms with van der Waals surface area (Å²) in [6, 6.07) is 15.5. The Kier molecular flexibility index (Phi) is 9.51. The van der Waals surface area contributed by atoms with E-state index in [4.69, 9.17) is 14.7 Å². The fourth-order valence-corrected chi connectivity index (χ4v) is 8.50. The third-order valence-electron chi connectivity index (χ3n) is 10.8. The van der Waals surface area contributed by atoms with Crippen molar-refractivity contribution < 1.29 is 27.5 Å². The van der Waals surface area contributed by atoms with Gasteiger partial charge in [0, 0.05) is 18.0 Å². The van der Waals surface area contributed by atoms with Gasteiger partial charge in [-0.05, 0) is 76.1 Å². The van der Waals surface area contributed by atoms with Crippen LogP contribution in [0.2, 0.25) is 0 Å². The number of hydrogen-bond acceptors (Lipinski definition) is 9. The fraction of sp³-hybridized carbons (Fsp3) is 0.500. The number of rotatable bonds is 8. The third kappa shape index (κ3) is 7.17. The Morgan fingerprint density at radius 3 is 2.47 bits per heavy atom. The molecule has 0 unspecified atom stereocenters. The average Bonchev–Trinajstić information content (AvgIpc) is 4.00. The van der Waals surface area contributed by atoms with Crippen molar-refractivity contribution in [3.63, 3.8) is 0 Å². The van der Waals surface area contributed by atoms with Crippen molar-refractivity contribution in [2.75, 3.05) is 11.9 Å². The smallest absolute Gasteiger partial charge is 0.259 e. The van der Waals surface area contributed by atoms with Gasteiger partial charge in [0.2, 0.25) is 27.7 Å². The predicted octanol–water partition coefficient (Wildman–Crippen LogP) is 4.41. The van der Waals surface area contributed by atoms with Crippen molar-refractivity contribution in [1.29, 1.82) is 0 Å². The van der Waals surface area contributed by atoms with Crippen molar-refractivity contribution in [1.82, 2.24) is 24.9 Å². The van der Waals surface area contributed by atoms with Gasteiger partial charge in [-0.3, -0.25) is 19.1 Å². The molecule has 7 rings (SSSR count). The zero-order valence-electron chi connectivity index (χ0n) is 29.1. The number of sulfonamides is 1. The second-order valence-electron chi connectivity index (χ2n) is 14.6. The van der Waals surface area contributed by atoms with E-state index in [9.17, 15) is 22.8 Å².